The Morgan fingerprint density at radius 2 is 1.72 bits per heavy atom. The molecular weight excluding hydrogens is 411 g/mol. The fourth-order valence-corrected chi connectivity index (χ4v) is 4.02. The lowest BCUT2D eigenvalue weighted by Gasteiger charge is -2.42. The molecule has 1 atom stereocenters. The van der Waals surface area contributed by atoms with Crippen LogP contribution < -0.4 is 9.80 Å². The SMILES string of the molecule is CCOC(=O)N1c2cc(C)c(C)cc2N(C(=O)c2ccc(Cl)cc2Cl)CC1CC. The van der Waals surface area contributed by atoms with Gasteiger partial charge in [0.2, 0.25) is 0 Å². The number of hydrogen-bond acceptors (Lipinski definition) is 3. The fourth-order valence-electron chi connectivity index (χ4n) is 3.54. The maximum Gasteiger partial charge on any atom is 0.414 e. The third-order valence-corrected chi connectivity index (χ3v) is 5.79. The van der Waals surface area contributed by atoms with Crippen molar-refractivity contribution >= 4 is 46.6 Å². The minimum absolute atomic E-state index is 0.210. The summed E-state index contributed by atoms with van der Waals surface area (Å²) in [7, 11) is 0. The molecule has 2 amide bonds. The molecule has 0 saturated heterocycles. The predicted octanol–water partition coefficient (Wildman–Crippen LogP) is 6.01. The van der Waals surface area contributed by atoms with E-state index >= 15 is 0 Å². The van der Waals surface area contributed by atoms with Gasteiger partial charge in [-0.25, -0.2) is 4.79 Å². The van der Waals surface area contributed by atoms with E-state index in [0.717, 1.165) is 11.1 Å². The number of aryl methyl sites for hydroxylation is 2. The van der Waals surface area contributed by atoms with Crippen LogP contribution in [0.1, 0.15) is 41.8 Å². The van der Waals surface area contributed by atoms with Crippen LogP contribution in [0, 0.1) is 13.8 Å². The number of fused-ring (bicyclic) bond motifs is 1. The van der Waals surface area contributed by atoms with E-state index in [9.17, 15) is 9.59 Å². The lowest BCUT2D eigenvalue weighted by atomic mass is 9.99. The van der Waals surface area contributed by atoms with Crippen molar-refractivity contribution in [2.75, 3.05) is 23.0 Å². The van der Waals surface area contributed by atoms with Crippen molar-refractivity contribution in [2.45, 2.75) is 40.2 Å². The first-order valence-electron chi connectivity index (χ1n) is 9.62. The van der Waals surface area contributed by atoms with Crippen LogP contribution in [-0.4, -0.2) is 31.2 Å². The van der Waals surface area contributed by atoms with Gasteiger partial charge in [-0.1, -0.05) is 30.1 Å². The summed E-state index contributed by atoms with van der Waals surface area (Å²) < 4.78 is 5.30. The number of anilines is 2. The van der Waals surface area contributed by atoms with E-state index in [2.05, 4.69) is 0 Å². The summed E-state index contributed by atoms with van der Waals surface area (Å²) in [5.41, 5.74) is 3.78. The van der Waals surface area contributed by atoms with E-state index in [1.54, 1.807) is 34.9 Å². The Bertz CT molecular complexity index is 961. The number of carbonyl (C=O) groups is 2. The normalized spacial score (nSPS) is 15.9. The van der Waals surface area contributed by atoms with Crippen LogP contribution in [-0.2, 0) is 4.74 Å². The molecule has 7 heteroatoms. The number of halogens is 2. The van der Waals surface area contributed by atoms with Crippen molar-refractivity contribution in [3.8, 4) is 0 Å². The summed E-state index contributed by atoms with van der Waals surface area (Å²) in [6, 6.07) is 8.50. The first-order chi connectivity index (χ1) is 13.8. The average Bonchev–Trinajstić information content (AvgIpc) is 2.67. The molecule has 0 radical (unpaired) electrons. The standard InChI is InChI=1S/C22H24Cl2N2O3/c1-5-16-12-25(21(27)17-8-7-15(23)11-18(17)24)19-9-13(3)14(4)10-20(19)26(16)22(28)29-6-2/h7-11,16H,5-6,12H2,1-4H3. The van der Waals surface area contributed by atoms with Crippen molar-refractivity contribution in [1.82, 2.24) is 0 Å². The van der Waals surface area contributed by atoms with Crippen LogP contribution in [0.4, 0.5) is 16.2 Å². The zero-order chi connectivity index (χ0) is 21.3. The molecule has 29 heavy (non-hydrogen) atoms. The summed E-state index contributed by atoms with van der Waals surface area (Å²) in [5, 5.41) is 0.769. The largest absolute Gasteiger partial charge is 0.449 e. The van der Waals surface area contributed by atoms with Crippen molar-refractivity contribution in [1.29, 1.82) is 0 Å². The lowest BCUT2D eigenvalue weighted by Crippen LogP contribution is -2.53. The summed E-state index contributed by atoms with van der Waals surface area (Å²) in [6.45, 7) is 8.37. The zero-order valence-corrected chi connectivity index (χ0v) is 18.5. The van der Waals surface area contributed by atoms with Gasteiger partial charge in [-0.05, 0) is 68.7 Å². The molecule has 0 saturated carbocycles. The smallest absolute Gasteiger partial charge is 0.414 e. The number of benzene rings is 2. The Balaban J connectivity index is 2.14. The van der Waals surface area contributed by atoms with Crippen molar-refractivity contribution < 1.29 is 14.3 Å². The number of amides is 2. The second-order valence-electron chi connectivity index (χ2n) is 7.10. The first-order valence-corrected chi connectivity index (χ1v) is 10.4. The summed E-state index contributed by atoms with van der Waals surface area (Å²) in [5.74, 6) is -0.224. The Hall–Kier alpha value is -2.24. The van der Waals surface area contributed by atoms with E-state index in [0.29, 0.717) is 39.9 Å². The summed E-state index contributed by atoms with van der Waals surface area (Å²) in [6.07, 6.45) is 0.268. The Labute approximate surface area is 181 Å². The van der Waals surface area contributed by atoms with Gasteiger partial charge in [0.1, 0.15) is 0 Å². The van der Waals surface area contributed by atoms with Crippen molar-refractivity contribution in [3.63, 3.8) is 0 Å². The lowest BCUT2D eigenvalue weighted by molar-refractivity contribution is 0.0981. The molecule has 0 spiro atoms. The van der Waals surface area contributed by atoms with Crippen LogP contribution >= 0.6 is 23.2 Å². The molecule has 1 unspecified atom stereocenters. The summed E-state index contributed by atoms with van der Waals surface area (Å²) in [4.78, 5) is 29.5. The third kappa shape index (κ3) is 4.07. The molecule has 1 aliphatic heterocycles. The van der Waals surface area contributed by atoms with Gasteiger partial charge >= 0.3 is 6.09 Å². The number of ether oxygens (including phenoxy) is 1. The van der Waals surface area contributed by atoms with Gasteiger partial charge in [-0.2, -0.15) is 0 Å². The maximum atomic E-state index is 13.4. The monoisotopic (exact) mass is 434 g/mol. The first kappa shape index (κ1) is 21.5. The average molecular weight is 435 g/mol. The van der Waals surface area contributed by atoms with Gasteiger partial charge in [0.25, 0.3) is 5.91 Å². The molecular formula is C22H24Cl2N2O3. The fraction of sp³-hybridized carbons (Fsp3) is 0.364. The van der Waals surface area contributed by atoms with E-state index in [4.69, 9.17) is 27.9 Å². The Morgan fingerprint density at radius 3 is 2.31 bits per heavy atom. The molecule has 0 aliphatic carbocycles. The predicted molar refractivity (Wildman–Crippen MR) is 118 cm³/mol. The molecule has 1 aliphatic rings. The number of carbonyl (C=O) groups excluding carboxylic acids is 2. The van der Waals surface area contributed by atoms with Crippen LogP contribution in [0.15, 0.2) is 30.3 Å². The Morgan fingerprint density at radius 1 is 1.07 bits per heavy atom. The molecule has 2 aromatic carbocycles. The highest BCUT2D eigenvalue weighted by molar-refractivity contribution is 6.37. The van der Waals surface area contributed by atoms with Gasteiger partial charge in [0, 0.05) is 11.6 Å². The van der Waals surface area contributed by atoms with E-state index in [1.165, 1.54) is 0 Å². The molecule has 2 aromatic rings. The molecule has 1 heterocycles. The van der Waals surface area contributed by atoms with Crippen LogP contribution in [0.3, 0.4) is 0 Å². The highest BCUT2D eigenvalue weighted by Crippen LogP contribution is 2.40. The van der Waals surface area contributed by atoms with Crippen molar-refractivity contribution in [3.05, 3.63) is 57.1 Å². The van der Waals surface area contributed by atoms with E-state index in [-0.39, 0.29) is 18.6 Å². The topological polar surface area (TPSA) is 49.9 Å². The minimum Gasteiger partial charge on any atom is -0.449 e. The second-order valence-corrected chi connectivity index (χ2v) is 7.94. The maximum absolute atomic E-state index is 13.4. The quantitative estimate of drug-likeness (QED) is 0.593. The molecule has 3 rings (SSSR count). The van der Waals surface area contributed by atoms with Crippen LogP contribution in [0.25, 0.3) is 0 Å². The van der Waals surface area contributed by atoms with E-state index < -0.39 is 6.09 Å². The molecule has 0 N–H and O–H groups in total. The highest BCUT2D eigenvalue weighted by Gasteiger charge is 2.38. The number of nitrogens with zero attached hydrogens (tertiary/aromatic N) is 2. The zero-order valence-electron chi connectivity index (χ0n) is 17.0. The van der Waals surface area contributed by atoms with Crippen molar-refractivity contribution in [2.24, 2.45) is 0 Å². The number of hydrogen-bond donors (Lipinski definition) is 0. The summed E-state index contributed by atoms with van der Waals surface area (Å²) >= 11 is 12.3. The Kier molecular flexibility index (Phi) is 6.39. The number of rotatable bonds is 3. The molecule has 5 nitrogen and oxygen atoms in total. The van der Waals surface area contributed by atoms with E-state index in [1.807, 2.05) is 32.9 Å². The molecule has 154 valence electrons. The molecule has 0 bridgehead atoms. The van der Waals surface area contributed by atoms with Gasteiger partial charge in [-0.3, -0.25) is 9.69 Å². The second kappa shape index (κ2) is 8.64. The van der Waals surface area contributed by atoms with Crippen LogP contribution in [0.5, 0.6) is 0 Å². The minimum atomic E-state index is -0.402. The van der Waals surface area contributed by atoms with Crippen LogP contribution in [0.2, 0.25) is 10.0 Å². The van der Waals surface area contributed by atoms with Gasteiger partial charge in [0.05, 0.1) is 34.6 Å². The molecule has 0 aromatic heterocycles. The molecule has 0 fully saturated rings. The van der Waals surface area contributed by atoms with Gasteiger partial charge < -0.3 is 9.64 Å². The van der Waals surface area contributed by atoms with Gasteiger partial charge in [0.15, 0.2) is 0 Å². The highest BCUT2D eigenvalue weighted by atomic mass is 35.5. The third-order valence-electron chi connectivity index (χ3n) is 5.24. The van der Waals surface area contributed by atoms with Gasteiger partial charge in [-0.15, -0.1) is 0 Å².